The third-order valence-corrected chi connectivity index (χ3v) is 5.59. The van der Waals surface area contributed by atoms with E-state index < -0.39 is 14.6 Å². The minimum absolute atomic E-state index is 0.421. The number of pyridine rings is 1. The second-order valence-electron chi connectivity index (χ2n) is 5.26. The van der Waals surface area contributed by atoms with Gasteiger partial charge in [0.25, 0.3) is 0 Å². The summed E-state index contributed by atoms with van der Waals surface area (Å²) in [5.41, 5.74) is 7.87. The largest absolute Gasteiger partial charge is 0.383 e. The number of sulfone groups is 1. The smallest absolute Gasteiger partial charge is 0.158 e. The van der Waals surface area contributed by atoms with E-state index in [4.69, 9.17) is 5.73 Å². The molecule has 108 valence electrons. The maximum Gasteiger partial charge on any atom is 0.158 e. The van der Waals surface area contributed by atoms with Crippen molar-refractivity contribution in [2.75, 3.05) is 12.0 Å². The van der Waals surface area contributed by atoms with Gasteiger partial charge in [0.1, 0.15) is 10.6 Å². The fourth-order valence-corrected chi connectivity index (χ4v) is 2.42. The van der Waals surface area contributed by atoms with E-state index in [1.54, 1.807) is 39.4 Å². The highest BCUT2D eigenvalue weighted by Crippen LogP contribution is 2.38. The van der Waals surface area contributed by atoms with E-state index in [1.165, 1.54) is 10.9 Å². The Morgan fingerprint density at radius 3 is 2.50 bits per heavy atom. The second-order valence-corrected chi connectivity index (χ2v) is 7.82. The zero-order valence-corrected chi connectivity index (χ0v) is 12.8. The number of aromatic nitrogens is 3. The maximum absolute atomic E-state index is 12.1. The highest BCUT2D eigenvalue weighted by Gasteiger charge is 2.38. The van der Waals surface area contributed by atoms with Crippen LogP contribution in [0.15, 0.2) is 24.5 Å². The Bertz CT molecular complexity index is 733. The van der Waals surface area contributed by atoms with Crippen molar-refractivity contribution in [3.63, 3.8) is 0 Å². The highest BCUT2D eigenvalue weighted by atomic mass is 32.2. The lowest BCUT2D eigenvalue weighted by atomic mass is 10.00. The minimum atomic E-state index is -3.34. The van der Waals surface area contributed by atoms with E-state index in [-0.39, 0.29) is 0 Å². The lowest BCUT2D eigenvalue weighted by Crippen LogP contribution is -2.29. The Hall–Kier alpha value is -1.89. The van der Waals surface area contributed by atoms with E-state index in [1.807, 2.05) is 6.07 Å². The molecule has 6 nitrogen and oxygen atoms in total. The van der Waals surface area contributed by atoms with Crippen molar-refractivity contribution in [3.8, 4) is 11.1 Å². The Balaban J connectivity index is 2.78. The molecule has 0 saturated carbocycles. The van der Waals surface area contributed by atoms with Crippen LogP contribution in [-0.4, -0.2) is 29.4 Å². The Morgan fingerprint density at radius 1 is 1.35 bits per heavy atom. The molecular formula is C13H18N4O2S. The first kappa shape index (κ1) is 14.5. The van der Waals surface area contributed by atoms with E-state index >= 15 is 0 Å². The lowest BCUT2D eigenvalue weighted by molar-refractivity contribution is 0.553. The van der Waals surface area contributed by atoms with Crippen molar-refractivity contribution >= 4 is 15.7 Å². The zero-order chi connectivity index (χ0) is 15.1. The minimum Gasteiger partial charge on any atom is -0.383 e. The van der Waals surface area contributed by atoms with E-state index in [0.717, 1.165) is 5.56 Å². The Kier molecular flexibility index (Phi) is 3.33. The van der Waals surface area contributed by atoms with Crippen molar-refractivity contribution in [3.05, 3.63) is 30.2 Å². The number of nitrogen functional groups attached to an aromatic ring is 1. The van der Waals surface area contributed by atoms with Gasteiger partial charge in [0.15, 0.2) is 9.84 Å². The molecular weight excluding hydrogens is 276 g/mol. The van der Waals surface area contributed by atoms with Crippen LogP contribution in [0.5, 0.6) is 0 Å². The number of nitrogens with zero attached hydrogens (tertiary/aromatic N) is 3. The van der Waals surface area contributed by atoms with E-state index in [9.17, 15) is 8.42 Å². The van der Waals surface area contributed by atoms with Crippen LogP contribution in [0.4, 0.5) is 5.82 Å². The van der Waals surface area contributed by atoms with Crippen LogP contribution < -0.4 is 5.73 Å². The summed E-state index contributed by atoms with van der Waals surface area (Å²) in [4.78, 5) is 4.05. The molecule has 0 radical (unpaired) electrons. The molecule has 0 amide bonds. The first-order valence-electron chi connectivity index (χ1n) is 6.09. The topological polar surface area (TPSA) is 90.9 Å². The molecule has 20 heavy (non-hydrogen) atoms. The number of hydrogen-bond donors (Lipinski definition) is 1. The van der Waals surface area contributed by atoms with Gasteiger partial charge in [-0.2, -0.15) is 5.10 Å². The van der Waals surface area contributed by atoms with Gasteiger partial charge in [-0.15, -0.1) is 0 Å². The molecule has 0 aliphatic carbocycles. The molecule has 0 unspecified atom stereocenters. The number of hydrogen-bond acceptors (Lipinski definition) is 5. The number of aryl methyl sites for hydroxylation is 1. The Labute approximate surface area is 118 Å². The average molecular weight is 294 g/mol. The zero-order valence-electron chi connectivity index (χ0n) is 12.0. The van der Waals surface area contributed by atoms with Gasteiger partial charge in [0.05, 0.1) is 11.3 Å². The maximum atomic E-state index is 12.1. The summed E-state index contributed by atoms with van der Waals surface area (Å²) in [6.07, 6.45) is 4.50. The summed E-state index contributed by atoms with van der Waals surface area (Å²) in [5.74, 6) is 0.421. The summed E-state index contributed by atoms with van der Waals surface area (Å²) in [5, 5.41) is 4.31. The molecule has 2 aromatic heterocycles. The molecule has 0 bridgehead atoms. The van der Waals surface area contributed by atoms with Crippen molar-refractivity contribution in [1.82, 2.24) is 14.8 Å². The third kappa shape index (κ3) is 2.18. The van der Waals surface area contributed by atoms with Crippen molar-refractivity contribution in [2.24, 2.45) is 7.05 Å². The molecule has 0 atom stereocenters. The SMILES string of the molecule is Cn1nc(C(C)(C)S(C)(=O)=O)c(-c2cccnc2)c1N. The van der Waals surface area contributed by atoms with Crippen LogP contribution in [0.2, 0.25) is 0 Å². The molecule has 0 aliphatic rings. The fraction of sp³-hybridized carbons (Fsp3) is 0.385. The molecule has 2 N–H and O–H groups in total. The van der Waals surface area contributed by atoms with Gasteiger partial charge in [-0.3, -0.25) is 9.67 Å². The highest BCUT2D eigenvalue weighted by molar-refractivity contribution is 7.91. The number of anilines is 1. The van der Waals surface area contributed by atoms with E-state index in [0.29, 0.717) is 17.1 Å². The van der Waals surface area contributed by atoms with Gasteiger partial charge in [-0.05, 0) is 19.9 Å². The predicted octanol–water partition coefficient (Wildman–Crippen LogP) is 1.34. The Morgan fingerprint density at radius 2 is 2.00 bits per heavy atom. The van der Waals surface area contributed by atoms with Gasteiger partial charge in [-0.25, -0.2) is 8.42 Å². The molecule has 2 aromatic rings. The number of rotatable bonds is 3. The summed E-state index contributed by atoms with van der Waals surface area (Å²) in [6.45, 7) is 3.26. The molecule has 0 aliphatic heterocycles. The van der Waals surface area contributed by atoms with Crippen LogP contribution >= 0.6 is 0 Å². The number of nitrogens with two attached hydrogens (primary N) is 1. The first-order valence-corrected chi connectivity index (χ1v) is 7.98. The molecule has 0 saturated heterocycles. The summed E-state index contributed by atoms with van der Waals surface area (Å²) < 4.78 is 24.5. The molecule has 7 heteroatoms. The fourth-order valence-electron chi connectivity index (χ4n) is 1.93. The van der Waals surface area contributed by atoms with Crippen LogP contribution in [0.3, 0.4) is 0 Å². The van der Waals surface area contributed by atoms with Crippen LogP contribution in [0.1, 0.15) is 19.5 Å². The van der Waals surface area contributed by atoms with E-state index in [2.05, 4.69) is 10.1 Å². The lowest BCUT2D eigenvalue weighted by Gasteiger charge is -2.21. The summed E-state index contributed by atoms with van der Waals surface area (Å²) >= 11 is 0. The van der Waals surface area contributed by atoms with Crippen molar-refractivity contribution < 1.29 is 8.42 Å². The molecule has 2 heterocycles. The normalized spacial score (nSPS) is 12.6. The third-order valence-electron chi connectivity index (χ3n) is 3.54. The predicted molar refractivity (Wildman–Crippen MR) is 78.7 cm³/mol. The van der Waals surface area contributed by atoms with Gasteiger partial charge >= 0.3 is 0 Å². The summed E-state index contributed by atoms with van der Waals surface area (Å²) in [7, 11) is -1.65. The molecule has 0 spiro atoms. The summed E-state index contributed by atoms with van der Waals surface area (Å²) in [6, 6.07) is 3.61. The molecule has 0 aromatic carbocycles. The van der Waals surface area contributed by atoms with Crippen molar-refractivity contribution in [2.45, 2.75) is 18.6 Å². The van der Waals surface area contributed by atoms with Gasteiger partial charge in [0.2, 0.25) is 0 Å². The molecule has 2 rings (SSSR count). The quantitative estimate of drug-likeness (QED) is 0.922. The first-order chi connectivity index (χ1) is 9.16. The monoisotopic (exact) mass is 294 g/mol. The average Bonchev–Trinajstić information content (AvgIpc) is 2.66. The van der Waals surface area contributed by atoms with Crippen LogP contribution in [0.25, 0.3) is 11.1 Å². The van der Waals surface area contributed by atoms with Gasteiger partial charge < -0.3 is 5.73 Å². The van der Waals surface area contributed by atoms with Crippen LogP contribution in [-0.2, 0) is 21.6 Å². The standard InChI is InChI=1S/C13H18N4O2S/c1-13(2,20(4,18)19)11-10(12(14)17(3)16-11)9-6-5-7-15-8-9/h5-8H,14H2,1-4H3. The van der Waals surface area contributed by atoms with Gasteiger partial charge in [-0.1, -0.05) is 6.07 Å². The van der Waals surface area contributed by atoms with Crippen molar-refractivity contribution in [1.29, 1.82) is 0 Å². The second kappa shape index (κ2) is 4.59. The van der Waals surface area contributed by atoms with Gasteiger partial charge in [0, 0.05) is 31.3 Å². The van der Waals surface area contributed by atoms with Crippen LogP contribution in [0, 0.1) is 0 Å². The molecule has 0 fully saturated rings.